The van der Waals surface area contributed by atoms with Gasteiger partial charge in [0.05, 0.1) is 10.6 Å². The van der Waals surface area contributed by atoms with Crippen molar-refractivity contribution < 1.29 is 4.42 Å². The predicted molar refractivity (Wildman–Crippen MR) is 75.8 cm³/mol. The summed E-state index contributed by atoms with van der Waals surface area (Å²) in [6.07, 6.45) is 0.980. The minimum atomic E-state index is 0.618. The third kappa shape index (κ3) is 1.69. The van der Waals surface area contributed by atoms with Crippen molar-refractivity contribution in [3.63, 3.8) is 0 Å². The lowest BCUT2D eigenvalue weighted by molar-refractivity contribution is 0.618. The molecule has 3 aromatic rings. The lowest BCUT2D eigenvalue weighted by Crippen LogP contribution is -1.82. The number of aryl methyl sites for hydroxylation is 2. The van der Waals surface area contributed by atoms with E-state index in [0.717, 1.165) is 33.6 Å². The summed E-state index contributed by atoms with van der Waals surface area (Å²) in [6.45, 7) is 4.14. The highest BCUT2D eigenvalue weighted by Crippen LogP contribution is 2.35. The summed E-state index contributed by atoms with van der Waals surface area (Å²) in [4.78, 5) is 5.76. The summed E-state index contributed by atoms with van der Waals surface area (Å²) < 4.78 is 5.84. The first kappa shape index (κ1) is 11.3. The molecule has 0 aliphatic rings. The van der Waals surface area contributed by atoms with E-state index < -0.39 is 0 Å². The van der Waals surface area contributed by atoms with Crippen LogP contribution >= 0.6 is 11.3 Å². The number of oxazole rings is 1. The molecule has 0 atom stereocenters. The molecule has 0 radical (unpaired) electrons. The molecule has 3 rings (SSSR count). The number of benzene rings is 1. The lowest BCUT2D eigenvalue weighted by Gasteiger charge is -1.91. The van der Waals surface area contributed by atoms with Crippen molar-refractivity contribution in [1.29, 1.82) is 0 Å². The fraction of sp³-hybridized carbons (Fsp3) is 0.214. The Hall–Kier alpha value is -1.81. The van der Waals surface area contributed by atoms with Gasteiger partial charge in [0.15, 0.2) is 5.58 Å². The van der Waals surface area contributed by atoms with Crippen LogP contribution in [0.3, 0.4) is 0 Å². The topological polar surface area (TPSA) is 52.0 Å². The number of nitrogen functional groups attached to an aromatic ring is 1. The Morgan fingerprint density at radius 3 is 2.89 bits per heavy atom. The van der Waals surface area contributed by atoms with Gasteiger partial charge < -0.3 is 10.2 Å². The number of nitrogens with zero attached hydrogens (tertiary/aromatic N) is 1. The SMILES string of the molecule is CCc1cc(-c2nc3cccc(C)c3o2)c(N)s1. The van der Waals surface area contributed by atoms with Crippen LogP contribution < -0.4 is 5.73 Å². The highest BCUT2D eigenvalue weighted by Gasteiger charge is 2.14. The molecule has 4 heteroatoms. The monoisotopic (exact) mass is 258 g/mol. The van der Waals surface area contributed by atoms with Gasteiger partial charge in [-0.3, -0.25) is 0 Å². The lowest BCUT2D eigenvalue weighted by atomic mass is 10.2. The zero-order valence-corrected chi connectivity index (χ0v) is 11.2. The second-order valence-electron chi connectivity index (χ2n) is 4.29. The van der Waals surface area contributed by atoms with Gasteiger partial charge in [0.25, 0.3) is 0 Å². The summed E-state index contributed by atoms with van der Waals surface area (Å²) >= 11 is 1.60. The van der Waals surface area contributed by atoms with E-state index in [-0.39, 0.29) is 0 Å². The molecular formula is C14H14N2OS. The van der Waals surface area contributed by atoms with Gasteiger partial charge in [0.2, 0.25) is 5.89 Å². The van der Waals surface area contributed by atoms with Crippen molar-refractivity contribution in [2.45, 2.75) is 20.3 Å². The fourth-order valence-electron chi connectivity index (χ4n) is 2.00. The van der Waals surface area contributed by atoms with Crippen molar-refractivity contribution in [1.82, 2.24) is 4.98 Å². The number of para-hydroxylation sites is 1. The summed E-state index contributed by atoms with van der Waals surface area (Å²) in [7, 11) is 0. The van der Waals surface area contributed by atoms with Gasteiger partial charge in [0, 0.05) is 4.88 Å². The predicted octanol–water partition coefficient (Wildman–Crippen LogP) is 4.01. The maximum atomic E-state index is 6.03. The minimum absolute atomic E-state index is 0.618. The van der Waals surface area contributed by atoms with E-state index in [0.29, 0.717) is 5.89 Å². The van der Waals surface area contributed by atoms with Crippen LogP contribution in [0.5, 0.6) is 0 Å². The van der Waals surface area contributed by atoms with Gasteiger partial charge >= 0.3 is 0 Å². The van der Waals surface area contributed by atoms with Crippen LogP contribution in [-0.4, -0.2) is 4.98 Å². The van der Waals surface area contributed by atoms with E-state index in [2.05, 4.69) is 18.0 Å². The third-order valence-electron chi connectivity index (χ3n) is 3.00. The number of fused-ring (bicyclic) bond motifs is 1. The van der Waals surface area contributed by atoms with Crippen molar-refractivity contribution in [3.8, 4) is 11.5 Å². The van der Waals surface area contributed by atoms with Crippen LogP contribution in [0.15, 0.2) is 28.7 Å². The quantitative estimate of drug-likeness (QED) is 0.755. The van der Waals surface area contributed by atoms with Crippen molar-refractivity contribution in [2.75, 3.05) is 5.73 Å². The number of anilines is 1. The van der Waals surface area contributed by atoms with Crippen LogP contribution in [0.4, 0.5) is 5.00 Å². The largest absolute Gasteiger partial charge is 0.436 e. The molecule has 0 amide bonds. The Morgan fingerprint density at radius 1 is 1.39 bits per heavy atom. The van der Waals surface area contributed by atoms with E-state index in [9.17, 15) is 0 Å². The molecule has 0 fully saturated rings. The smallest absolute Gasteiger partial charge is 0.230 e. The third-order valence-corrected chi connectivity index (χ3v) is 4.11. The van der Waals surface area contributed by atoms with E-state index in [1.165, 1.54) is 4.88 Å². The second-order valence-corrected chi connectivity index (χ2v) is 5.45. The highest BCUT2D eigenvalue weighted by atomic mass is 32.1. The van der Waals surface area contributed by atoms with Gasteiger partial charge in [-0.05, 0) is 31.0 Å². The Balaban J connectivity index is 2.19. The number of nitrogens with two attached hydrogens (primary N) is 1. The van der Waals surface area contributed by atoms with Crippen LogP contribution in [0, 0.1) is 6.92 Å². The molecule has 92 valence electrons. The Labute approximate surface area is 109 Å². The Kier molecular flexibility index (Phi) is 2.59. The molecule has 0 bridgehead atoms. The number of aromatic nitrogens is 1. The van der Waals surface area contributed by atoms with E-state index in [1.807, 2.05) is 25.1 Å². The van der Waals surface area contributed by atoms with Gasteiger partial charge in [-0.25, -0.2) is 4.98 Å². The number of hydrogen-bond acceptors (Lipinski definition) is 4. The fourth-order valence-corrected chi connectivity index (χ4v) is 2.86. The maximum Gasteiger partial charge on any atom is 0.230 e. The molecule has 0 aliphatic carbocycles. The highest BCUT2D eigenvalue weighted by molar-refractivity contribution is 7.16. The maximum absolute atomic E-state index is 6.03. The molecule has 0 saturated carbocycles. The van der Waals surface area contributed by atoms with Gasteiger partial charge in [-0.1, -0.05) is 19.1 Å². The van der Waals surface area contributed by atoms with Gasteiger partial charge in [-0.15, -0.1) is 11.3 Å². The Bertz CT molecular complexity index is 712. The average Bonchev–Trinajstić information content (AvgIpc) is 2.93. The van der Waals surface area contributed by atoms with E-state index >= 15 is 0 Å². The Morgan fingerprint density at radius 2 is 2.22 bits per heavy atom. The van der Waals surface area contributed by atoms with Gasteiger partial charge in [0.1, 0.15) is 5.52 Å². The van der Waals surface area contributed by atoms with E-state index in [4.69, 9.17) is 10.2 Å². The van der Waals surface area contributed by atoms with Crippen LogP contribution in [0.25, 0.3) is 22.6 Å². The van der Waals surface area contributed by atoms with Crippen LogP contribution in [0.1, 0.15) is 17.4 Å². The molecule has 0 aliphatic heterocycles. The van der Waals surface area contributed by atoms with Crippen molar-refractivity contribution >= 4 is 27.4 Å². The van der Waals surface area contributed by atoms with Crippen LogP contribution in [0.2, 0.25) is 0 Å². The molecule has 2 aromatic heterocycles. The van der Waals surface area contributed by atoms with Gasteiger partial charge in [-0.2, -0.15) is 0 Å². The first-order valence-electron chi connectivity index (χ1n) is 5.93. The molecule has 1 aromatic carbocycles. The summed E-state index contributed by atoms with van der Waals surface area (Å²) in [5, 5.41) is 0.774. The second kappa shape index (κ2) is 4.14. The molecule has 3 nitrogen and oxygen atoms in total. The number of hydrogen-bond donors (Lipinski definition) is 1. The first-order chi connectivity index (χ1) is 8.69. The summed E-state index contributed by atoms with van der Waals surface area (Å²) in [5.74, 6) is 0.618. The van der Waals surface area contributed by atoms with Crippen LogP contribution in [-0.2, 0) is 6.42 Å². The van der Waals surface area contributed by atoms with Crippen molar-refractivity contribution in [2.24, 2.45) is 0 Å². The summed E-state index contributed by atoms with van der Waals surface area (Å²) in [6, 6.07) is 8.03. The molecule has 0 saturated heterocycles. The zero-order chi connectivity index (χ0) is 12.7. The molecule has 2 N–H and O–H groups in total. The van der Waals surface area contributed by atoms with Crippen molar-refractivity contribution in [3.05, 3.63) is 34.7 Å². The molecule has 18 heavy (non-hydrogen) atoms. The normalized spacial score (nSPS) is 11.2. The van der Waals surface area contributed by atoms with E-state index in [1.54, 1.807) is 11.3 Å². The number of rotatable bonds is 2. The molecule has 0 unspecified atom stereocenters. The first-order valence-corrected chi connectivity index (χ1v) is 6.75. The zero-order valence-electron chi connectivity index (χ0n) is 10.4. The minimum Gasteiger partial charge on any atom is -0.436 e. The number of thiophene rings is 1. The molecule has 0 spiro atoms. The average molecular weight is 258 g/mol. The molecule has 2 heterocycles. The summed E-state index contributed by atoms with van der Waals surface area (Å²) in [5.41, 5.74) is 9.76. The molecular weight excluding hydrogens is 244 g/mol. The standard InChI is InChI=1S/C14H14N2OS/c1-3-9-7-10(13(15)18-9)14-16-11-6-4-5-8(2)12(11)17-14/h4-7H,3,15H2,1-2H3.